The minimum atomic E-state index is -0.355. The third-order valence-corrected chi connectivity index (χ3v) is 2.92. The molecule has 0 saturated carbocycles. The van der Waals surface area contributed by atoms with Crippen molar-refractivity contribution in [3.8, 4) is 11.5 Å². The first-order valence-corrected chi connectivity index (χ1v) is 5.93. The van der Waals surface area contributed by atoms with Crippen molar-refractivity contribution in [1.82, 2.24) is 0 Å². The molecule has 92 valence electrons. The fourth-order valence-corrected chi connectivity index (χ4v) is 2.02. The van der Waals surface area contributed by atoms with Gasteiger partial charge in [-0.2, -0.15) is 0 Å². The maximum atomic E-state index is 13.0. The van der Waals surface area contributed by atoms with Gasteiger partial charge in [-0.15, -0.1) is 0 Å². The van der Waals surface area contributed by atoms with Gasteiger partial charge >= 0.3 is 0 Å². The highest BCUT2D eigenvalue weighted by molar-refractivity contribution is 9.10. The zero-order valence-electron chi connectivity index (χ0n) is 9.28. The third-order valence-electron chi connectivity index (χ3n) is 2.26. The van der Waals surface area contributed by atoms with Crippen LogP contribution in [0.15, 0.2) is 46.9 Å². The number of ether oxygens (including phenoxy) is 1. The molecule has 5 heteroatoms. The zero-order chi connectivity index (χ0) is 13.1. The molecule has 0 fully saturated rings. The van der Waals surface area contributed by atoms with Crippen molar-refractivity contribution in [3.05, 3.63) is 58.3 Å². The summed E-state index contributed by atoms with van der Waals surface area (Å²) in [5.41, 5.74) is 5.98. The van der Waals surface area contributed by atoms with Crippen LogP contribution in [0.5, 0.6) is 11.5 Å². The smallest absolute Gasteiger partial charge is 0.130 e. The van der Waals surface area contributed by atoms with E-state index in [1.165, 1.54) is 12.1 Å². The summed E-state index contributed by atoms with van der Waals surface area (Å²) in [5.74, 6) is 0.570. The Bertz CT molecular complexity index is 601. The molecule has 0 amide bonds. The van der Waals surface area contributed by atoms with Crippen LogP contribution in [0, 0.1) is 11.2 Å². The highest BCUT2D eigenvalue weighted by atomic mass is 79.9. The van der Waals surface area contributed by atoms with Gasteiger partial charge in [0.1, 0.15) is 23.2 Å². The molecule has 3 N–H and O–H groups in total. The van der Waals surface area contributed by atoms with Gasteiger partial charge in [-0.05, 0) is 46.3 Å². The average Bonchev–Trinajstić information content (AvgIpc) is 2.28. The van der Waals surface area contributed by atoms with Gasteiger partial charge in [0.15, 0.2) is 0 Å². The minimum Gasteiger partial charge on any atom is -0.457 e. The Morgan fingerprint density at radius 1 is 1.17 bits per heavy atom. The number of hydrogen-bond donors (Lipinski definition) is 2. The molecule has 0 radical (unpaired) electrons. The molecule has 0 unspecified atom stereocenters. The Morgan fingerprint density at radius 2 is 1.89 bits per heavy atom. The first-order valence-electron chi connectivity index (χ1n) is 5.13. The highest BCUT2D eigenvalue weighted by Crippen LogP contribution is 2.27. The molecule has 0 aliphatic carbocycles. The molecule has 0 aliphatic heterocycles. The maximum absolute atomic E-state index is 13.0. The van der Waals surface area contributed by atoms with Crippen LogP contribution in [0.25, 0.3) is 0 Å². The molecular weight excluding hydrogens is 299 g/mol. The SMILES string of the molecule is N=C(N)c1ccc(Oc2cccc(F)c2)cc1Br. The fourth-order valence-electron chi connectivity index (χ4n) is 1.44. The lowest BCUT2D eigenvalue weighted by Gasteiger charge is -2.08. The number of nitrogen functional groups attached to an aromatic ring is 1. The van der Waals surface area contributed by atoms with Crippen LogP contribution in [-0.2, 0) is 0 Å². The van der Waals surface area contributed by atoms with Gasteiger partial charge in [0, 0.05) is 16.1 Å². The van der Waals surface area contributed by atoms with Crippen LogP contribution in [0.2, 0.25) is 0 Å². The van der Waals surface area contributed by atoms with E-state index in [9.17, 15) is 4.39 Å². The van der Waals surface area contributed by atoms with Crippen LogP contribution in [0.3, 0.4) is 0 Å². The molecule has 0 aliphatic rings. The molecule has 18 heavy (non-hydrogen) atoms. The van der Waals surface area contributed by atoms with E-state index < -0.39 is 0 Å². The molecular formula is C13H10BrFN2O. The van der Waals surface area contributed by atoms with Crippen LogP contribution in [0.1, 0.15) is 5.56 Å². The molecule has 2 aromatic carbocycles. The van der Waals surface area contributed by atoms with Crippen molar-refractivity contribution in [2.24, 2.45) is 5.73 Å². The van der Waals surface area contributed by atoms with E-state index >= 15 is 0 Å². The van der Waals surface area contributed by atoms with Crippen LogP contribution in [0.4, 0.5) is 4.39 Å². The second kappa shape index (κ2) is 5.18. The average molecular weight is 309 g/mol. The standard InChI is InChI=1S/C13H10BrFN2O/c14-12-7-10(4-5-11(12)13(16)17)18-9-3-1-2-8(15)6-9/h1-7H,(H3,16,17). The number of amidine groups is 1. The molecule has 2 aromatic rings. The lowest BCUT2D eigenvalue weighted by molar-refractivity contribution is 0.476. The van der Waals surface area contributed by atoms with Gasteiger partial charge in [0.05, 0.1) is 0 Å². The molecule has 3 nitrogen and oxygen atoms in total. The number of nitrogens with two attached hydrogens (primary N) is 1. The third kappa shape index (κ3) is 2.87. The van der Waals surface area contributed by atoms with E-state index in [1.54, 1.807) is 30.3 Å². The number of benzene rings is 2. The van der Waals surface area contributed by atoms with Crippen molar-refractivity contribution >= 4 is 21.8 Å². The van der Waals surface area contributed by atoms with Crippen molar-refractivity contribution < 1.29 is 9.13 Å². The summed E-state index contributed by atoms with van der Waals surface area (Å²) in [5, 5.41) is 7.35. The summed E-state index contributed by atoms with van der Waals surface area (Å²) < 4.78 is 19.1. The van der Waals surface area contributed by atoms with Crippen molar-refractivity contribution in [3.63, 3.8) is 0 Å². The molecule has 0 bridgehead atoms. The quantitative estimate of drug-likeness (QED) is 0.671. The predicted octanol–water partition coefficient (Wildman–Crippen LogP) is 3.66. The van der Waals surface area contributed by atoms with Gasteiger partial charge in [0.2, 0.25) is 0 Å². The maximum Gasteiger partial charge on any atom is 0.130 e. The lowest BCUT2D eigenvalue weighted by Crippen LogP contribution is -2.11. The topological polar surface area (TPSA) is 59.1 Å². The Kier molecular flexibility index (Phi) is 3.62. The van der Waals surface area contributed by atoms with Crippen LogP contribution in [-0.4, -0.2) is 5.84 Å². The van der Waals surface area contributed by atoms with E-state index in [2.05, 4.69) is 15.9 Å². The monoisotopic (exact) mass is 308 g/mol. The molecule has 2 rings (SSSR count). The summed E-state index contributed by atoms with van der Waals surface area (Å²) in [6.45, 7) is 0. The van der Waals surface area contributed by atoms with E-state index in [0.717, 1.165) is 0 Å². The summed E-state index contributed by atoms with van der Waals surface area (Å²) in [6.07, 6.45) is 0. The van der Waals surface area contributed by atoms with E-state index in [0.29, 0.717) is 21.5 Å². The zero-order valence-corrected chi connectivity index (χ0v) is 10.9. The van der Waals surface area contributed by atoms with E-state index in [4.69, 9.17) is 15.9 Å². The molecule has 0 heterocycles. The Hall–Kier alpha value is -1.88. The van der Waals surface area contributed by atoms with Gasteiger partial charge in [0.25, 0.3) is 0 Å². The molecule has 0 atom stereocenters. The summed E-state index contributed by atoms with van der Waals surface area (Å²) in [6, 6.07) is 10.9. The molecule has 0 spiro atoms. The number of rotatable bonds is 3. The van der Waals surface area contributed by atoms with Gasteiger partial charge in [-0.3, -0.25) is 5.41 Å². The van der Waals surface area contributed by atoms with Crippen molar-refractivity contribution in [1.29, 1.82) is 5.41 Å². The lowest BCUT2D eigenvalue weighted by atomic mass is 10.2. The first kappa shape index (κ1) is 12.6. The summed E-state index contributed by atoms with van der Waals surface area (Å²) in [7, 11) is 0. The Balaban J connectivity index is 2.25. The van der Waals surface area contributed by atoms with Gasteiger partial charge in [-0.25, -0.2) is 4.39 Å². The fraction of sp³-hybridized carbons (Fsp3) is 0. The number of hydrogen-bond acceptors (Lipinski definition) is 2. The predicted molar refractivity (Wildman–Crippen MR) is 71.6 cm³/mol. The molecule has 0 saturated heterocycles. The largest absolute Gasteiger partial charge is 0.457 e. The van der Waals surface area contributed by atoms with Crippen molar-refractivity contribution in [2.75, 3.05) is 0 Å². The van der Waals surface area contributed by atoms with E-state index in [-0.39, 0.29) is 11.7 Å². The highest BCUT2D eigenvalue weighted by Gasteiger charge is 2.05. The first-order chi connectivity index (χ1) is 8.56. The summed E-state index contributed by atoms with van der Waals surface area (Å²) in [4.78, 5) is 0. The number of halogens is 2. The normalized spacial score (nSPS) is 10.1. The van der Waals surface area contributed by atoms with Gasteiger partial charge in [-0.1, -0.05) is 6.07 Å². The summed E-state index contributed by atoms with van der Waals surface area (Å²) >= 11 is 3.30. The second-order valence-corrected chi connectivity index (χ2v) is 4.47. The second-order valence-electron chi connectivity index (χ2n) is 3.61. The van der Waals surface area contributed by atoms with Crippen LogP contribution >= 0.6 is 15.9 Å². The van der Waals surface area contributed by atoms with E-state index in [1.807, 2.05) is 0 Å². The Labute approximate surface area is 112 Å². The Morgan fingerprint density at radius 3 is 2.50 bits per heavy atom. The van der Waals surface area contributed by atoms with Gasteiger partial charge < -0.3 is 10.5 Å². The molecule has 0 aromatic heterocycles. The number of nitrogens with one attached hydrogen (secondary N) is 1. The minimum absolute atomic E-state index is 0.0285. The van der Waals surface area contributed by atoms with Crippen molar-refractivity contribution in [2.45, 2.75) is 0 Å². The van der Waals surface area contributed by atoms with Crippen LogP contribution < -0.4 is 10.5 Å².